The van der Waals surface area contributed by atoms with Crippen molar-refractivity contribution in [3.05, 3.63) is 96.1 Å². The van der Waals surface area contributed by atoms with Crippen LogP contribution >= 0.6 is 11.3 Å². The summed E-state index contributed by atoms with van der Waals surface area (Å²) < 4.78 is 24.8. The Bertz CT molecular complexity index is 1630. The Morgan fingerprint density at radius 2 is 1.97 bits per heavy atom. The molecule has 0 radical (unpaired) electrons. The van der Waals surface area contributed by atoms with Gasteiger partial charge in [0.1, 0.15) is 16.3 Å². The summed E-state index contributed by atoms with van der Waals surface area (Å²) in [6.45, 7) is 3.39. The number of thiazole rings is 1. The Balaban J connectivity index is 1.74. The molecule has 182 valence electrons. The molecular weight excluding hydrogens is 493 g/mol. The third kappa shape index (κ3) is 3.62. The number of nitro benzene ring substituents is 1. The summed E-state index contributed by atoms with van der Waals surface area (Å²) in [7, 11) is 0. The van der Waals surface area contributed by atoms with Gasteiger partial charge in [0.05, 0.1) is 34.2 Å². The van der Waals surface area contributed by atoms with E-state index in [0.29, 0.717) is 11.3 Å². The van der Waals surface area contributed by atoms with Crippen LogP contribution in [0.15, 0.2) is 51.7 Å². The van der Waals surface area contributed by atoms with E-state index in [4.69, 9.17) is 9.15 Å². The van der Waals surface area contributed by atoms with Crippen LogP contribution in [0, 0.1) is 22.9 Å². The zero-order chi connectivity index (χ0) is 25.7. The van der Waals surface area contributed by atoms with Gasteiger partial charge in [-0.1, -0.05) is 11.3 Å². The molecule has 1 aliphatic heterocycles. The van der Waals surface area contributed by atoms with Crippen LogP contribution in [-0.4, -0.2) is 28.4 Å². The number of rotatable bonds is 5. The molecule has 0 saturated carbocycles. The zero-order valence-electron chi connectivity index (χ0n) is 18.8. The highest BCUT2D eigenvalue weighted by Crippen LogP contribution is 2.43. The van der Waals surface area contributed by atoms with Gasteiger partial charge in [0.15, 0.2) is 10.6 Å². The zero-order valence-corrected chi connectivity index (χ0v) is 19.6. The monoisotopic (exact) mass is 509 g/mol. The molecule has 0 fully saturated rings. The van der Waals surface area contributed by atoms with Gasteiger partial charge in [0.25, 0.3) is 11.6 Å². The molecule has 0 bridgehead atoms. The number of anilines is 1. The lowest BCUT2D eigenvalue weighted by molar-refractivity contribution is -0.384. The van der Waals surface area contributed by atoms with Crippen molar-refractivity contribution in [3.63, 3.8) is 0 Å². The van der Waals surface area contributed by atoms with E-state index < -0.39 is 34.1 Å². The first-order chi connectivity index (χ1) is 17.2. The maximum absolute atomic E-state index is 13.9. The first kappa shape index (κ1) is 23.3. The van der Waals surface area contributed by atoms with Crippen LogP contribution in [-0.2, 0) is 4.74 Å². The molecule has 0 N–H and O–H groups in total. The second-order valence-electron chi connectivity index (χ2n) is 7.87. The van der Waals surface area contributed by atoms with E-state index in [1.807, 2.05) is 0 Å². The molecule has 0 saturated heterocycles. The van der Waals surface area contributed by atoms with E-state index in [1.54, 1.807) is 13.8 Å². The van der Waals surface area contributed by atoms with Crippen LogP contribution in [0.4, 0.5) is 15.2 Å². The van der Waals surface area contributed by atoms with Crippen molar-refractivity contribution < 1.29 is 28.1 Å². The predicted octanol–water partition coefficient (Wildman–Crippen LogP) is 4.53. The molecule has 36 heavy (non-hydrogen) atoms. The summed E-state index contributed by atoms with van der Waals surface area (Å²) >= 11 is 0.906. The SMILES string of the molecule is CCOC(=O)c1sc(N2C(=O)c3oc4ccc(F)cc4c(=O)c3C2c2ccc([N+](=O)[O-])cc2)nc1C. The van der Waals surface area contributed by atoms with Gasteiger partial charge >= 0.3 is 5.97 Å². The number of aryl methyl sites for hydroxylation is 1. The Labute approximate surface area is 205 Å². The van der Waals surface area contributed by atoms with Crippen LogP contribution in [0.2, 0.25) is 0 Å². The lowest BCUT2D eigenvalue weighted by Gasteiger charge is -2.22. The number of fused-ring (bicyclic) bond motifs is 2. The van der Waals surface area contributed by atoms with E-state index in [-0.39, 0.29) is 44.6 Å². The number of hydrogen-bond acceptors (Lipinski definition) is 9. The van der Waals surface area contributed by atoms with Crippen LogP contribution in [0.5, 0.6) is 0 Å². The molecule has 3 heterocycles. The fraction of sp³-hybridized carbons (Fsp3) is 0.167. The number of aromatic nitrogens is 1. The summed E-state index contributed by atoms with van der Waals surface area (Å²) in [5, 5.41) is 11.2. The number of esters is 1. The third-order valence-electron chi connectivity index (χ3n) is 5.70. The molecule has 0 spiro atoms. The van der Waals surface area contributed by atoms with E-state index in [2.05, 4.69) is 4.98 Å². The fourth-order valence-electron chi connectivity index (χ4n) is 4.11. The molecule has 2 aromatic carbocycles. The van der Waals surface area contributed by atoms with E-state index in [0.717, 1.165) is 23.5 Å². The van der Waals surface area contributed by atoms with Crippen LogP contribution in [0.3, 0.4) is 0 Å². The molecule has 1 amide bonds. The van der Waals surface area contributed by atoms with Crippen molar-refractivity contribution in [1.82, 2.24) is 4.98 Å². The number of carbonyl (C=O) groups excluding carboxylic acids is 2. The number of benzene rings is 2. The number of amides is 1. The van der Waals surface area contributed by atoms with Gasteiger partial charge in [-0.25, -0.2) is 14.2 Å². The van der Waals surface area contributed by atoms with Crippen molar-refractivity contribution in [2.75, 3.05) is 11.5 Å². The number of halogens is 1. The second-order valence-corrected chi connectivity index (χ2v) is 8.85. The summed E-state index contributed by atoms with van der Waals surface area (Å²) in [5.41, 5.74) is -0.147. The van der Waals surface area contributed by atoms with Gasteiger partial charge in [-0.05, 0) is 49.7 Å². The molecule has 5 rings (SSSR count). The minimum absolute atomic E-state index is 0.0281. The minimum atomic E-state index is -1.09. The maximum Gasteiger partial charge on any atom is 0.350 e. The van der Waals surface area contributed by atoms with Crippen molar-refractivity contribution >= 4 is 45.0 Å². The molecule has 1 aliphatic rings. The summed E-state index contributed by atoms with van der Waals surface area (Å²) in [5.74, 6) is -2.21. The first-order valence-corrected chi connectivity index (χ1v) is 11.5. The van der Waals surface area contributed by atoms with Crippen molar-refractivity contribution in [3.8, 4) is 0 Å². The second kappa shape index (κ2) is 8.64. The number of non-ortho nitro benzene ring substituents is 1. The quantitative estimate of drug-likeness (QED) is 0.218. The summed E-state index contributed by atoms with van der Waals surface area (Å²) in [4.78, 5) is 55.8. The third-order valence-corrected chi connectivity index (χ3v) is 6.84. The number of nitro groups is 1. The first-order valence-electron chi connectivity index (χ1n) is 10.7. The Hall–Kier alpha value is -4.45. The highest BCUT2D eigenvalue weighted by Gasteiger charge is 2.45. The molecule has 0 aliphatic carbocycles. The number of carbonyl (C=O) groups is 2. The lowest BCUT2D eigenvalue weighted by Crippen LogP contribution is -2.29. The largest absolute Gasteiger partial charge is 0.462 e. The van der Waals surface area contributed by atoms with Gasteiger partial charge in [-0.2, -0.15) is 0 Å². The highest BCUT2D eigenvalue weighted by atomic mass is 32.1. The lowest BCUT2D eigenvalue weighted by atomic mass is 9.98. The van der Waals surface area contributed by atoms with Crippen molar-refractivity contribution in [1.29, 1.82) is 0 Å². The Kier molecular flexibility index (Phi) is 5.59. The van der Waals surface area contributed by atoms with Gasteiger partial charge in [-0.3, -0.25) is 24.6 Å². The normalized spacial score (nSPS) is 14.8. The molecule has 1 atom stereocenters. The van der Waals surface area contributed by atoms with Gasteiger partial charge in [0.2, 0.25) is 5.76 Å². The smallest absolute Gasteiger partial charge is 0.350 e. The Morgan fingerprint density at radius 1 is 1.25 bits per heavy atom. The highest BCUT2D eigenvalue weighted by molar-refractivity contribution is 7.17. The van der Waals surface area contributed by atoms with E-state index >= 15 is 0 Å². The number of hydrogen-bond donors (Lipinski definition) is 0. The Morgan fingerprint density at radius 3 is 2.64 bits per heavy atom. The van der Waals surface area contributed by atoms with Gasteiger partial charge in [-0.15, -0.1) is 0 Å². The van der Waals surface area contributed by atoms with Gasteiger partial charge < -0.3 is 9.15 Å². The molecule has 12 heteroatoms. The fourth-order valence-corrected chi connectivity index (χ4v) is 5.09. The van der Waals surface area contributed by atoms with E-state index in [9.17, 15) is 28.9 Å². The van der Waals surface area contributed by atoms with Crippen LogP contribution < -0.4 is 10.3 Å². The average molecular weight is 509 g/mol. The molecule has 2 aromatic heterocycles. The van der Waals surface area contributed by atoms with Crippen molar-refractivity contribution in [2.24, 2.45) is 0 Å². The summed E-state index contributed by atoms with van der Waals surface area (Å²) in [6, 6.07) is 7.63. The molecule has 4 aromatic rings. The van der Waals surface area contributed by atoms with Crippen LogP contribution in [0.25, 0.3) is 11.0 Å². The average Bonchev–Trinajstić information content (AvgIpc) is 3.37. The van der Waals surface area contributed by atoms with E-state index in [1.165, 1.54) is 35.2 Å². The standard InChI is InChI=1S/C24H16FN3O7S/c1-3-34-23(31)21-11(2)26-24(36-21)27-18(12-4-7-14(8-5-12)28(32)33)17-19(29)15-10-13(25)6-9-16(15)35-20(17)22(27)30/h4-10,18H,3H2,1-2H3. The minimum Gasteiger partial charge on any atom is -0.462 e. The predicted molar refractivity (Wildman–Crippen MR) is 127 cm³/mol. The summed E-state index contributed by atoms with van der Waals surface area (Å²) in [6.07, 6.45) is 0. The number of ether oxygens (including phenoxy) is 1. The molecule has 10 nitrogen and oxygen atoms in total. The van der Waals surface area contributed by atoms with Crippen molar-refractivity contribution in [2.45, 2.75) is 19.9 Å². The molecular formula is C24H16FN3O7S. The topological polar surface area (TPSA) is 133 Å². The van der Waals surface area contributed by atoms with Gasteiger partial charge in [0, 0.05) is 12.1 Å². The van der Waals surface area contributed by atoms with Crippen LogP contribution in [0.1, 0.15) is 50.0 Å². The number of nitrogens with zero attached hydrogens (tertiary/aromatic N) is 3. The molecule has 1 unspecified atom stereocenters. The maximum atomic E-state index is 13.9.